The van der Waals surface area contributed by atoms with Crippen LogP contribution in [0.1, 0.15) is 21.7 Å². The number of aryl methyl sites for hydroxylation is 1. The molecular formula is C19H17BrN4O2. The van der Waals surface area contributed by atoms with Crippen molar-refractivity contribution in [2.75, 3.05) is 5.73 Å². The van der Waals surface area contributed by atoms with Gasteiger partial charge in [0.15, 0.2) is 0 Å². The van der Waals surface area contributed by atoms with Gasteiger partial charge < -0.3 is 16.2 Å². The number of carbonyl (C=O) groups excluding carboxylic acids is 1. The van der Waals surface area contributed by atoms with Gasteiger partial charge >= 0.3 is 0 Å². The number of carbonyl (C=O) groups is 1. The van der Waals surface area contributed by atoms with E-state index in [-0.39, 0.29) is 18.1 Å². The molecule has 0 aliphatic heterocycles. The Labute approximate surface area is 159 Å². The van der Waals surface area contributed by atoms with Gasteiger partial charge in [-0.15, -0.1) is 0 Å². The summed E-state index contributed by atoms with van der Waals surface area (Å²) in [4.78, 5) is 19.7. The quantitative estimate of drug-likeness (QED) is 0.667. The molecule has 4 N–H and O–H groups in total. The van der Waals surface area contributed by atoms with Gasteiger partial charge in [0, 0.05) is 0 Å². The van der Waals surface area contributed by atoms with Gasteiger partial charge in [-0.1, -0.05) is 36.4 Å². The monoisotopic (exact) mass is 412 g/mol. The maximum absolute atomic E-state index is 11.7. The van der Waals surface area contributed by atoms with E-state index in [1.54, 1.807) is 6.92 Å². The van der Waals surface area contributed by atoms with Crippen LogP contribution in [0.15, 0.2) is 53.0 Å². The Bertz CT molecular complexity index is 961. The van der Waals surface area contributed by atoms with Crippen molar-refractivity contribution < 1.29 is 9.53 Å². The van der Waals surface area contributed by atoms with Crippen LogP contribution in [-0.4, -0.2) is 15.9 Å². The predicted molar refractivity (Wildman–Crippen MR) is 104 cm³/mol. The first-order valence-electron chi connectivity index (χ1n) is 7.86. The Balaban J connectivity index is 1.84. The lowest BCUT2D eigenvalue weighted by atomic mass is 10.1. The number of nitrogens with two attached hydrogens (primary N) is 2. The molecule has 0 unspecified atom stereocenters. The number of aromatic nitrogens is 2. The molecule has 7 heteroatoms. The van der Waals surface area contributed by atoms with Crippen molar-refractivity contribution in [3.05, 3.63) is 70.0 Å². The van der Waals surface area contributed by atoms with Crippen LogP contribution in [0.25, 0.3) is 11.1 Å². The average Bonchev–Trinajstić information content (AvgIpc) is 2.60. The summed E-state index contributed by atoms with van der Waals surface area (Å²) in [6, 6.07) is 15.8. The van der Waals surface area contributed by atoms with Crippen LogP contribution in [0.3, 0.4) is 0 Å². The first kappa shape index (κ1) is 17.9. The van der Waals surface area contributed by atoms with E-state index in [1.807, 2.05) is 48.5 Å². The molecule has 0 aliphatic rings. The molecule has 0 atom stereocenters. The molecule has 0 aliphatic carbocycles. The van der Waals surface area contributed by atoms with E-state index in [4.69, 9.17) is 16.2 Å². The zero-order chi connectivity index (χ0) is 18.7. The van der Waals surface area contributed by atoms with Crippen LogP contribution in [0.5, 0.6) is 5.75 Å². The van der Waals surface area contributed by atoms with Crippen molar-refractivity contribution in [3.63, 3.8) is 0 Å². The summed E-state index contributed by atoms with van der Waals surface area (Å²) in [7, 11) is 0. The Hall–Kier alpha value is -2.93. The standard InChI is InChI=1S/C19H17BrN4O2/c1-11-17(18(21)25)15(24-19(22)23-11)10-26-16-8-7-13(9-14(16)20)12-5-3-2-4-6-12/h2-9H,10H2,1H3,(H2,21,25)(H2,22,23,24). The molecule has 1 amide bonds. The number of nitrogen functional groups attached to an aromatic ring is 1. The summed E-state index contributed by atoms with van der Waals surface area (Å²) in [5.41, 5.74) is 14.3. The summed E-state index contributed by atoms with van der Waals surface area (Å²) >= 11 is 3.52. The number of ether oxygens (including phenoxy) is 1. The number of amides is 1. The minimum Gasteiger partial charge on any atom is -0.486 e. The third kappa shape index (κ3) is 3.83. The Morgan fingerprint density at radius 1 is 1.12 bits per heavy atom. The summed E-state index contributed by atoms with van der Waals surface area (Å²) in [6.45, 7) is 1.71. The molecule has 0 fully saturated rings. The van der Waals surface area contributed by atoms with Gasteiger partial charge in [0.05, 0.1) is 21.4 Å². The smallest absolute Gasteiger partial charge is 0.252 e. The van der Waals surface area contributed by atoms with Gasteiger partial charge in [-0.2, -0.15) is 0 Å². The van der Waals surface area contributed by atoms with Gasteiger partial charge in [-0.3, -0.25) is 4.79 Å². The third-order valence-corrected chi connectivity index (χ3v) is 4.45. The number of rotatable bonds is 5. The van der Waals surface area contributed by atoms with E-state index in [0.717, 1.165) is 15.6 Å². The summed E-state index contributed by atoms with van der Waals surface area (Å²) in [5.74, 6) is 0.0825. The Morgan fingerprint density at radius 2 is 1.85 bits per heavy atom. The van der Waals surface area contributed by atoms with Crippen molar-refractivity contribution in [1.82, 2.24) is 9.97 Å². The highest BCUT2D eigenvalue weighted by molar-refractivity contribution is 9.10. The first-order valence-corrected chi connectivity index (χ1v) is 8.65. The molecule has 0 saturated carbocycles. The molecule has 26 heavy (non-hydrogen) atoms. The molecule has 2 aromatic carbocycles. The van der Waals surface area contributed by atoms with Crippen LogP contribution >= 0.6 is 15.9 Å². The number of hydrogen-bond acceptors (Lipinski definition) is 5. The number of hydrogen-bond donors (Lipinski definition) is 2. The highest BCUT2D eigenvalue weighted by Gasteiger charge is 2.16. The van der Waals surface area contributed by atoms with Crippen molar-refractivity contribution in [2.24, 2.45) is 5.73 Å². The third-order valence-electron chi connectivity index (χ3n) is 3.83. The Morgan fingerprint density at radius 3 is 2.50 bits per heavy atom. The fourth-order valence-electron chi connectivity index (χ4n) is 2.65. The second kappa shape index (κ2) is 7.53. The minimum absolute atomic E-state index is 0.0507. The van der Waals surface area contributed by atoms with Crippen molar-refractivity contribution in [1.29, 1.82) is 0 Å². The van der Waals surface area contributed by atoms with Crippen molar-refractivity contribution in [2.45, 2.75) is 13.5 Å². The van der Waals surface area contributed by atoms with E-state index in [9.17, 15) is 4.79 Å². The summed E-state index contributed by atoms with van der Waals surface area (Å²) < 4.78 is 6.60. The predicted octanol–water partition coefficient (Wildman–Crippen LogP) is 3.47. The van der Waals surface area contributed by atoms with Crippen LogP contribution in [0, 0.1) is 6.92 Å². The Kier molecular flexibility index (Phi) is 5.18. The summed E-state index contributed by atoms with van der Waals surface area (Å²) in [6.07, 6.45) is 0. The van der Waals surface area contributed by atoms with E-state index in [1.165, 1.54) is 0 Å². The van der Waals surface area contributed by atoms with Gasteiger partial charge in [0.25, 0.3) is 5.91 Å². The first-order chi connectivity index (χ1) is 12.5. The van der Waals surface area contributed by atoms with Gasteiger partial charge in [-0.05, 0) is 46.1 Å². The number of anilines is 1. The fraction of sp³-hybridized carbons (Fsp3) is 0.105. The highest BCUT2D eigenvalue weighted by atomic mass is 79.9. The average molecular weight is 413 g/mol. The van der Waals surface area contributed by atoms with E-state index in [2.05, 4.69) is 25.9 Å². The van der Waals surface area contributed by atoms with Crippen LogP contribution in [0.2, 0.25) is 0 Å². The second-order valence-electron chi connectivity index (χ2n) is 5.65. The van der Waals surface area contributed by atoms with Gasteiger partial charge in [-0.25, -0.2) is 9.97 Å². The largest absolute Gasteiger partial charge is 0.486 e. The molecule has 132 valence electrons. The van der Waals surface area contributed by atoms with E-state index < -0.39 is 5.91 Å². The molecular weight excluding hydrogens is 396 g/mol. The van der Waals surface area contributed by atoms with Crippen LogP contribution < -0.4 is 16.2 Å². The maximum atomic E-state index is 11.7. The lowest BCUT2D eigenvalue weighted by molar-refractivity contribution is 0.0996. The molecule has 0 bridgehead atoms. The molecule has 0 spiro atoms. The summed E-state index contributed by atoms with van der Waals surface area (Å²) in [5, 5.41) is 0. The molecule has 0 saturated heterocycles. The van der Waals surface area contributed by atoms with E-state index in [0.29, 0.717) is 17.1 Å². The maximum Gasteiger partial charge on any atom is 0.252 e. The zero-order valence-corrected chi connectivity index (χ0v) is 15.7. The zero-order valence-electron chi connectivity index (χ0n) is 14.1. The van der Waals surface area contributed by atoms with Crippen LogP contribution in [-0.2, 0) is 6.61 Å². The minimum atomic E-state index is -0.611. The molecule has 0 radical (unpaired) electrons. The second-order valence-corrected chi connectivity index (χ2v) is 6.51. The number of primary amides is 1. The highest BCUT2D eigenvalue weighted by Crippen LogP contribution is 2.31. The molecule has 3 aromatic rings. The van der Waals surface area contributed by atoms with Crippen molar-refractivity contribution >= 4 is 27.8 Å². The molecule has 1 heterocycles. The lowest BCUT2D eigenvalue weighted by Gasteiger charge is -2.12. The number of nitrogens with zero attached hydrogens (tertiary/aromatic N) is 2. The topological polar surface area (TPSA) is 104 Å². The number of benzene rings is 2. The molecule has 6 nitrogen and oxygen atoms in total. The van der Waals surface area contributed by atoms with Crippen LogP contribution in [0.4, 0.5) is 5.95 Å². The molecule has 3 rings (SSSR count). The van der Waals surface area contributed by atoms with Gasteiger partial charge in [0.2, 0.25) is 5.95 Å². The number of halogens is 1. The molecule has 1 aromatic heterocycles. The SMILES string of the molecule is Cc1nc(N)nc(COc2ccc(-c3ccccc3)cc2Br)c1C(N)=O. The van der Waals surface area contributed by atoms with Gasteiger partial charge in [0.1, 0.15) is 12.4 Å². The van der Waals surface area contributed by atoms with Crippen molar-refractivity contribution in [3.8, 4) is 16.9 Å². The fourth-order valence-corrected chi connectivity index (χ4v) is 3.15. The normalized spacial score (nSPS) is 10.5. The lowest BCUT2D eigenvalue weighted by Crippen LogP contribution is -2.20. The van der Waals surface area contributed by atoms with E-state index >= 15 is 0 Å².